The Hall–Kier alpha value is -1.93. The molecule has 1 fully saturated rings. The Morgan fingerprint density at radius 2 is 1.76 bits per heavy atom. The highest BCUT2D eigenvalue weighted by molar-refractivity contribution is 7.89. The van der Waals surface area contributed by atoms with Gasteiger partial charge in [-0.25, -0.2) is 8.42 Å². The summed E-state index contributed by atoms with van der Waals surface area (Å²) in [6.45, 7) is 5.95. The van der Waals surface area contributed by atoms with Gasteiger partial charge in [0.15, 0.2) is 6.61 Å². The Labute approximate surface area is 148 Å². The molecule has 0 saturated heterocycles. The van der Waals surface area contributed by atoms with E-state index >= 15 is 0 Å². The number of carbonyl (C=O) groups is 2. The SMILES string of the molecule is CCN(CC)S(=O)(=O)c1ccc(NC(=O)COC(=O)[C@@H]2C[C@H]2C)cc1. The van der Waals surface area contributed by atoms with Crippen molar-refractivity contribution in [3.8, 4) is 0 Å². The minimum atomic E-state index is -3.52. The number of esters is 1. The summed E-state index contributed by atoms with van der Waals surface area (Å²) in [4.78, 5) is 23.6. The van der Waals surface area contributed by atoms with Crippen LogP contribution in [0.5, 0.6) is 0 Å². The zero-order chi connectivity index (χ0) is 18.6. The average Bonchev–Trinajstić information content (AvgIpc) is 3.31. The molecule has 1 aromatic rings. The molecule has 138 valence electrons. The summed E-state index contributed by atoms with van der Waals surface area (Å²) in [6.07, 6.45) is 0.808. The van der Waals surface area contributed by atoms with Gasteiger partial charge in [0.2, 0.25) is 10.0 Å². The topological polar surface area (TPSA) is 92.8 Å². The van der Waals surface area contributed by atoms with Gasteiger partial charge in [-0.2, -0.15) is 4.31 Å². The number of benzene rings is 1. The van der Waals surface area contributed by atoms with Crippen molar-refractivity contribution in [3.63, 3.8) is 0 Å². The van der Waals surface area contributed by atoms with Gasteiger partial charge in [-0.3, -0.25) is 9.59 Å². The zero-order valence-corrected chi connectivity index (χ0v) is 15.5. The van der Waals surface area contributed by atoms with E-state index in [2.05, 4.69) is 5.32 Å². The summed E-state index contributed by atoms with van der Waals surface area (Å²) in [5, 5.41) is 2.58. The number of amides is 1. The van der Waals surface area contributed by atoms with Gasteiger partial charge in [-0.1, -0.05) is 20.8 Å². The molecule has 8 heteroatoms. The van der Waals surface area contributed by atoms with Gasteiger partial charge in [-0.15, -0.1) is 0 Å². The predicted octanol–water partition coefficient (Wildman–Crippen LogP) is 1.85. The Morgan fingerprint density at radius 1 is 1.20 bits per heavy atom. The van der Waals surface area contributed by atoms with Crippen LogP contribution < -0.4 is 5.32 Å². The van der Waals surface area contributed by atoms with E-state index in [0.717, 1.165) is 6.42 Å². The van der Waals surface area contributed by atoms with E-state index in [1.807, 2.05) is 6.92 Å². The van der Waals surface area contributed by atoms with Crippen molar-refractivity contribution < 1.29 is 22.7 Å². The van der Waals surface area contributed by atoms with Crippen molar-refractivity contribution in [3.05, 3.63) is 24.3 Å². The summed E-state index contributed by atoms with van der Waals surface area (Å²) < 4.78 is 31.1. The fourth-order valence-corrected chi connectivity index (χ4v) is 3.97. The van der Waals surface area contributed by atoms with Crippen LogP contribution in [-0.4, -0.2) is 44.3 Å². The second kappa shape index (κ2) is 7.97. The Balaban J connectivity index is 1.91. The maximum atomic E-state index is 12.4. The summed E-state index contributed by atoms with van der Waals surface area (Å²) in [5.41, 5.74) is 0.444. The van der Waals surface area contributed by atoms with Crippen LogP contribution in [0.4, 0.5) is 5.69 Å². The molecule has 1 aromatic carbocycles. The van der Waals surface area contributed by atoms with Crippen molar-refractivity contribution in [1.29, 1.82) is 0 Å². The number of sulfonamides is 1. The first kappa shape index (κ1) is 19.4. The van der Waals surface area contributed by atoms with E-state index in [4.69, 9.17) is 4.74 Å². The minimum Gasteiger partial charge on any atom is -0.455 e. The number of rotatable bonds is 8. The molecule has 7 nitrogen and oxygen atoms in total. The van der Waals surface area contributed by atoms with Crippen LogP contribution in [0, 0.1) is 11.8 Å². The third-order valence-electron chi connectivity index (χ3n) is 4.24. The summed E-state index contributed by atoms with van der Waals surface area (Å²) in [6, 6.07) is 5.92. The number of hydrogen-bond donors (Lipinski definition) is 1. The lowest BCUT2D eigenvalue weighted by Crippen LogP contribution is -2.30. The molecule has 1 aliphatic carbocycles. The molecule has 1 saturated carbocycles. The molecule has 0 spiro atoms. The third-order valence-corrected chi connectivity index (χ3v) is 6.30. The van der Waals surface area contributed by atoms with Crippen LogP contribution >= 0.6 is 0 Å². The number of hydrogen-bond acceptors (Lipinski definition) is 5. The van der Waals surface area contributed by atoms with Crippen molar-refractivity contribution in [2.45, 2.75) is 32.1 Å². The number of carbonyl (C=O) groups excluding carboxylic acids is 2. The van der Waals surface area contributed by atoms with Crippen molar-refractivity contribution >= 4 is 27.6 Å². The molecule has 2 atom stereocenters. The first-order chi connectivity index (χ1) is 11.8. The van der Waals surface area contributed by atoms with Crippen molar-refractivity contribution in [2.75, 3.05) is 25.0 Å². The van der Waals surface area contributed by atoms with Crippen LogP contribution in [0.25, 0.3) is 0 Å². The molecule has 25 heavy (non-hydrogen) atoms. The summed E-state index contributed by atoms with van der Waals surface area (Å²) in [7, 11) is -3.52. The lowest BCUT2D eigenvalue weighted by molar-refractivity contribution is -0.148. The number of nitrogens with zero attached hydrogens (tertiary/aromatic N) is 1. The summed E-state index contributed by atoms with van der Waals surface area (Å²) in [5.74, 6) is -0.558. The molecule has 1 N–H and O–H groups in total. The molecule has 0 radical (unpaired) electrons. The fraction of sp³-hybridized carbons (Fsp3) is 0.529. The molecule has 0 aromatic heterocycles. The van der Waals surface area contributed by atoms with Gasteiger partial charge in [0.1, 0.15) is 0 Å². The van der Waals surface area contributed by atoms with Gasteiger partial charge in [0.25, 0.3) is 5.91 Å². The second-order valence-corrected chi connectivity index (χ2v) is 8.03. The van der Waals surface area contributed by atoms with Gasteiger partial charge >= 0.3 is 5.97 Å². The Kier molecular flexibility index (Phi) is 6.18. The van der Waals surface area contributed by atoms with Crippen LogP contribution in [0.3, 0.4) is 0 Å². The van der Waals surface area contributed by atoms with Gasteiger partial charge in [-0.05, 0) is 36.6 Å². The van der Waals surface area contributed by atoms with Gasteiger partial charge in [0, 0.05) is 18.8 Å². The van der Waals surface area contributed by atoms with Crippen LogP contribution in [0.15, 0.2) is 29.2 Å². The Bertz CT molecular complexity index is 726. The molecule has 2 rings (SSSR count). The Morgan fingerprint density at radius 3 is 2.24 bits per heavy atom. The van der Waals surface area contributed by atoms with E-state index < -0.39 is 15.9 Å². The largest absolute Gasteiger partial charge is 0.455 e. The van der Waals surface area contributed by atoms with Crippen molar-refractivity contribution in [1.82, 2.24) is 4.31 Å². The van der Waals surface area contributed by atoms with Crippen molar-refractivity contribution in [2.24, 2.45) is 11.8 Å². The molecular weight excluding hydrogens is 344 g/mol. The molecule has 1 aliphatic rings. The number of ether oxygens (including phenoxy) is 1. The van der Waals surface area contributed by atoms with Gasteiger partial charge < -0.3 is 10.1 Å². The van der Waals surface area contributed by atoms with Crippen LogP contribution in [0.2, 0.25) is 0 Å². The number of nitrogens with one attached hydrogen (secondary N) is 1. The average molecular weight is 368 g/mol. The molecule has 0 unspecified atom stereocenters. The third kappa shape index (κ3) is 4.79. The van der Waals surface area contributed by atoms with E-state index in [0.29, 0.717) is 24.7 Å². The van der Waals surface area contributed by atoms with E-state index in [9.17, 15) is 18.0 Å². The maximum absolute atomic E-state index is 12.4. The highest BCUT2D eigenvalue weighted by atomic mass is 32.2. The quantitative estimate of drug-likeness (QED) is 0.707. The predicted molar refractivity (Wildman–Crippen MR) is 93.4 cm³/mol. The van der Waals surface area contributed by atoms with Gasteiger partial charge in [0.05, 0.1) is 10.8 Å². The highest BCUT2D eigenvalue weighted by Gasteiger charge is 2.40. The molecule has 0 heterocycles. The normalized spacial score (nSPS) is 19.5. The van der Waals surface area contributed by atoms with E-state index in [1.54, 1.807) is 13.8 Å². The van der Waals surface area contributed by atoms with E-state index in [-0.39, 0.29) is 23.4 Å². The van der Waals surface area contributed by atoms with E-state index in [1.165, 1.54) is 28.6 Å². The standard InChI is InChI=1S/C17H24N2O5S/c1-4-19(5-2)25(22,23)14-8-6-13(7-9-14)18-16(20)11-24-17(21)15-10-12(15)3/h6-9,12,15H,4-5,10-11H2,1-3H3,(H,18,20)/t12-,15-/m1/s1. The van der Waals surface area contributed by atoms with Crippen LogP contribution in [0.1, 0.15) is 27.2 Å². The number of anilines is 1. The summed E-state index contributed by atoms with van der Waals surface area (Å²) >= 11 is 0. The monoisotopic (exact) mass is 368 g/mol. The molecule has 0 bridgehead atoms. The second-order valence-electron chi connectivity index (χ2n) is 6.09. The first-order valence-electron chi connectivity index (χ1n) is 8.36. The maximum Gasteiger partial charge on any atom is 0.309 e. The molecular formula is C17H24N2O5S. The smallest absolute Gasteiger partial charge is 0.309 e. The first-order valence-corrected chi connectivity index (χ1v) is 9.80. The zero-order valence-electron chi connectivity index (χ0n) is 14.7. The highest BCUT2D eigenvalue weighted by Crippen LogP contribution is 2.38. The molecule has 1 amide bonds. The lowest BCUT2D eigenvalue weighted by Gasteiger charge is -2.18. The fourth-order valence-electron chi connectivity index (χ4n) is 2.51. The molecule has 0 aliphatic heterocycles. The lowest BCUT2D eigenvalue weighted by atomic mass is 10.3. The van der Waals surface area contributed by atoms with Crippen LogP contribution in [-0.2, 0) is 24.3 Å². The minimum absolute atomic E-state index is 0.0858.